The zero-order valence-corrected chi connectivity index (χ0v) is 24.0. The molecule has 0 bridgehead atoms. The molecule has 4 aromatic carbocycles. The minimum Gasteiger partial charge on any atom is -0.321 e. The number of thioether (sulfide) groups is 1. The van der Waals surface area contributed by atoms with E-state index in [-0.39, 0.29) is 28.7 Å². The number of anilines is 2. The summed E-state index contributed by atoms with van der Waals surface area (Å²) in [6, 6.07) is 19.5. The van der Waals surface area contributed by atoms with Gasteiger partial charge in [-0.2, -0.15) is 0 Å². The highest BCUT2D eigenvalue weighted by Gasteiger charge is 2.24. The zero-order chi connectivity index (χ0) is 32.7. The first kappa shape index (κ1) is 32.4. The number of nitrogens with one attached hydrogen (secondary N) is 3. The van der Waals surface area contributed by atoms with E-state index in [9.17, 15) is 42.1 Å². The van der Waals surface area contributed by atoms with Crippen molar-refractivity contribution >= 4 is 52.6 Å². The van der Waals surface area contributed by atoms with Crippen molar-refractivity contribution < 1.29 is 36.9 Å². The van der Waals surface area contributed by atoms with E-state index in [4.69, 9.17) is 0 Å². The van der Waals surface area contributed by atoms with E-state index < -0.39 is 56.9 Å². The number of amides is 3. The maximum absolute atomic E-state index is 14.0. The van der Waals surface area contributed by atoms with E-state index in [0.29, 0.717) is 10.5 Å². The lowest BCUT2D eigenvalue weighted by atomic mass is 10.1. The number of nitro groups is 1. The Bertz CT molecular complexity index is 1780. The molecule has 0 radical (unpaired) electrons. The lowest BCUT2D eigenvalue weighted by Gasteiger charge is -2.15. The Balaban J connectivity index is 1.51. The van der Waals surface area contributed by atoms with E-state index in [1.165, 1.54) is 49.4 Å². The van der Waals surface area contributed by atoms with Gasteiger partial charge in [-0.15, -0.1) is 11.8 Å². The molecule has 0 saturated heterocycles. The van der Waals surface area contributed by atoms with E-state index in [2.05, 4.69) is 10.6 Å². The van der Waals surface area contributed by atoms with Crippen molar-refractivity contribution in [2.75, 3.05) is 10.6 Å². The first-order chi connectivity index (χ1) is 21.4. The maximum atomic E-state index is 14.0. The normalized spacial score (nSPS) is 11.8. The summed E-state index contributed by atoms with van der Waals surface area (Å²) in [5.41, 5.74) is -0.709. The highest BCUT2D eigenvalue weighted by atomic mass is 32.2. The van der Waals surface area contributed by atoms with Gasteiger partial charge in [-0.25, -0.2) is 17.6 Å². The van der Waals surface area contributed by atoms with Crippen LogP contribution >= 0.6 is 11.8 Å². The average Bonchev–Trinajstić information content (AvgIpc) is 3.02. The van der Waals surface area contributed by atoms with Gasteiger partial charge in [0.15, 0.2) is 23.3 Å². The summed E-state index contributed by atoms with van der Waals surface area (Å²) in [5, 5.41) is 17.0. The van der Waals surface area contributed by atoms with E-state index >= 15 is 0 Å². The number of rotatable bonds is 10. The van der Waals surface area contributed by atoms with Crippen LogP contribution in [0.3, 0.4) is 0 Å². The van der Waals surface area contributed by atoms with E-state index in [1.54, 1.807) is 42.5 Å². The third-order valence-electron chi connectivity index (χ3n) is 6.08. The van der Waals surface area contributed by atoms with Crippen LogP contribution in [0.2, 0.25) is 0 Å². The first-order valence-corrected chi connectivity index (χ1v) is 13.9. The smallest absolute Gasteiger partial charge is 0.272 e. The van der Waals surface area contributed by atoms with Crippen LogP contribution in [0.1, 0.15) is 22.8 Å². The molecule has 4 aromatic rings. The van der Waals surface area contributed by atoms with Gasteiger partial charge in [0.1, 0.15) is 11.4 Å². The lowest BCUT2D eigenvalue weighted by Crippen LogP contribution is -2.30. The van der Waals surface area contributed by atoms with Gasteiger partial charge in [0, 0.05) is 34.3 Å². The number of carbonyl (C=O) groups excluding carboxylic acids is 3. The number of halogens is 4. The molecule has 0 aliphatic rings. The molecule has 1 atom stereocenters. The van der Waals surface area contributed by atoms with Gasteiger partial charge < -0.3 is 16.0 Å². The van der Waals surface area contributed by atoms with Crippen LogP contribution < -0.4 is 16.0 Å². The largest absolute Gasteiger partial charge is 0.321 e. The Kier molecular flexibility index (Phi) is 10.3. The van der Waals surface area contributed by atoms with Crippen molar-refractivity contribution in [3.63, 3.8) is 0 Å². The Morgan fingerprint density at radius 1 is 0.844 bits per heavy atom. The fourth-order valence-corrected chi connectivity index (χ4v) is 4.74. The fourth-order valence-electron chi connectivity index (χ4n) is 3.81. The van der Waals surface area contributed by atoms with E-state index in [0.717, 1.165) is 11.8 Å². The molecule has 9 nitrogen and oxygen atoms in total. The number of nitrogens with zero attached hydrogens (tertiary/aromatic N) is 1. The Labute approximate surface area is 257 Å². The van der Waals surface area contributed by atoms with Crippen LogP contribution in [0.4, 0.5) is 34.6 Å². The third kappa shape index (κ3) is 8.32. The van der Waals surface area contributed by atoms with Crippen LogP contribution in [-0.4, -0.2) is 27.9 Å². The number of non-ortho nitro benzene ring substituents is 1. The molecule has 0 aromatic heterocycles. The highest BCUT2D eigenvalue weighted by molar-refractivity contribution is 8.00. The van der Waals surface area contributed by atoms with Gasteiger partial charge >= 0.3 is 0 Å². The topological polar surface area (TPSA) is 130 Å². The second-order valence-electron chi connectivity index (χ2n) is 9.30. The molecule has 0 aliphatic heterocycles. The first-order valence-electron chi connectivity index (χ1n) is 13.0. The van der Waals surface area contributed by atoms with Gasteiger partial charge in [-0.1, -0.05) is 24.3 Å². The number of nitro benzene ring substituents is 1. The summed E-state index contributed by atoms with van der Waals surface area (Å²) >= 11 is 0.920. The van der Waals surface area contributed by atoms with Crippen LogP contribution in [-0.2, 0) is 9.59 Å². The molecule has 0 spiro atoms. The summed E-state index contributed by atoms with van der Waals surface area (Å²) in [4.78, 5) is 49.6. The van der Waals surface area contributed by atoms with Crippen molar-refractivity contribution in [1.82, 2.24) is 5.32 Å². The van der Waals surface area contributed by atoms with Gasteiger partial charge in [-0.3, -0.25) is 24.5 Å². The third-order valence-corrected chi connectivity index (χ3v) is 7.17. The van der Waals surface area contributed by atoms with Crippen molar-refractivity contribution in [3.8, 4) is 0 Å². The Morgan fingerprint density at radius 3 is 2.11 bits per heavy atom. The molecule has 230 valence electrons. The van der Waals surface area contributed by atoms with Crippen LogP contribution in [0, 0.1) is 33.4 Å². The average molecular weight is 639 g/mol. The number of carbonyl (C=O) groups is 3. The monoisotopic (exact) mass is 638 g/mol. The van der Waals surface area contributed by atoms with Crippen molar-refractivity contribution in [1.29, 1.82) is 0 Å². The minimum atomic E-state index is -1.75. The van der Waals surface area contributed by atoms with Crippen molar-refractivity contribution in [2.45, 2.75) is 17.1 Å². The maximum Gasteiger partial charge on any atom is 0.272 e. The highest BCUT2D eigenvalue weighted by Crippen LogP contribution is 2.29. The standard InChI is InChI=1S/C31H22F4N4O5S/c1-17(29(40)38-28-26(34)23(32)16-24(33)27(28)35)45-22-9-5-8-20(15-22)36-31(42)25(37-30(41)19-6-3-2-4-7-19)14-18-10-12-21(13-11-18)39(43)44/h2-17H,1H3,(H,36,42)(H,37,41)(H,38,40)/b25-14+. The Morgan fingerprint density at radius 2 is 1.49 bits per heavy atom. The second-order valence-corrected chi connectivity index (χ2v) is 10.7. The molecule has 0 heterocycles. The SMILES string of the molecule is CC(Sc1cccc(NC(=O)/C(=C\c2ccc([N+](=O)[O-])cc2)NC(=O)c2ccccc2)c1)C(=O)Nc1c(F)c(F)cc(F)c1F. The summed E-state index contributed by atoms with van der Waals surface area (Å²) < 4.78 is 55.0. The number of hydrogen-bond donors (Lipinski definition) is 3. The molecule has 3 amide bonds. The van der Waals surface area contributed by atoms with E-state index in [1.807, 2.05) is 5.32 Å². The fraction of sp³-hybridized carbons (Fsp3) is 0.0645. The molecule has 4 rings (SSSR count). The summed E-state index contributed by atoms with van der Waals surface area (Å²) in [6.07, 6.45) is 1.33. The second kappa shape index (κ2) is 14.3. The van der Waals surface area contributed by atoms with Crippen LogP contribution in [0.5, 0.6) is 0 Å². The molecule has 0 fully saturated rings. The van der Waals surface area contributed by atoms with Crippen LogP contribution in [0.15, 0.2) is 95.5 Å². The Hall–Kier alpha value is -5.50. The number of hydrogen-bond acceptors (Lipinski definition) is 6. The zero-order valence-electron chi connectivity index (χ0n) is 23.1. The molecule has 0 saturated carbocycles. The quantitative estimate of drug-likeness (QED) is 0.0444. The lowest BCUT2D eigenvalue weighted by molar-refractivity contribution is -0.384. The molecule has 14 heteroatoms. The predicted octanol–water partition coefficient (Wildman–Crippen LogP) is 6.68. The summed E-state index contributed by atoms with van der Waals surface area (Å²) in [5.74, 6) is -9.13. The molecule has 3 N–H and O–H groups in total. The molecule has 0 aliphatic carbocycles. The van der Waals surface area contributed by atoms with Crippen LogP contribution in [0.25, 0.3) is 6.08 Å². The van der Waals surface area contributed by atoms with Gasteiger partial charge in [0.25, 0.3) is 17.5 Å². The molecular formula is C31H22F4N4O5S. The summed E-state index contributed by atoms with van der Waals surface area (Å²) in [7, 11) is 0. The van der Waals surface area contributed by atoms with Crippen molar-refractivity contribution in [2.24, 2.45) is 0 Å². The van der Waals surface area contributed by atoms with Gasteiger partial charge in [0.2, 0.25) is 5.91 Å². The molecular weight excluding hydrogens is 616 g/mol. The molecule has 1 unspecified atom stereocenters. The summed E-state index contributed by atoms with van der Waals surface area (Å²) in [6.45, 7) is 1.39. The minimum absolute atomic E-state index is 0.0257. The predicted molar refractivity (Wildman–Crippen MR) is 160 cm³/mol. The molecule has 45 heavy (non-hydrogen) atoms. The van der Waals surface area contributed by atoms with Crippen molar-refractivity contribution in [3.05, 3.63) is 135 Å². The van der Waals surface area contributed by atoms with Gasteiger partial charge in [-0.05, 0) is 61.0 Å². The van der Waals surface area contributed by atoms with Gasteiger partial charge in [0.05, 0.1) is 10.2 Å². The number of benzene rings is 4.